The van der Waals surface area contributed by atoms with Gasteiger partial charge in [-0.2, -0.15) is 0 Å². The maximum absolute atomic E-state index is 6.34. The number of nitrogens with zero attached hydrogens (tertiary/aromatic N) is 2. The maximum atomic E-state index is 6.34. The third kappa shape index (κ3) is 3.89. The molecule has 0 aliphatic rings. The Balaban J connectivity index is 1.70. The van der Waals surface area contributed by atoms with Gasteiger partial charge >= 0.3 is 0 Å². The summed E-state index contributed by atoms with van der Waals surface area (Å²) in [6.07, 6.45) is 0. The van der Waals surface area contributed by atoms with Crippen molar-refractivity contribution in [3.63, 3.8) is 0 Å². The molecule has 7 rings (SSSR count). The van der Waals surface area contributed by atoms with Crippen molar-refractivity contribution in [1.82, 2.24) is 9.55 Å². The van der Waals surface area contributed by atoms with E-state index >= 15 is 0 Å². The number of rotatable bonds is 4. The second-order valence-electron chi connectivity index (χ2n) is 9.95. The predicted molar refractivity (Wildman–Crippen MR) is 166 cm³/mol. The molecule has 0 fully saturated rings. The van der Waals surface area contributed by atoms with Gasteiger partial charge in [-0.05, 0) is 51.2 Å². The molecular weight excluding hydrogens is 469 g/mol. The molecule has 176 valence electrons. The van der Waals surface area contributed by atoms with Crippen molar-refractivity contribution >= 4 is 56.1 Å². The van der Waals surface area contributed by atoms with Gasteiger partial charge in [-0.25, -0.2) is 4.98 Å². The van der Waals surface area contributed by atoms with Crippen LogP contribution >= 0.6 is 0 Å². The quantitative estimate of drug-likeness (QED) is 0.187. The summed E-state index contributed by atoms with van der Waals surface area (Å²) >= 11 is 0. The van der Waals surface area contributed by atoms with Crippen LogP contribution in [0.5, 0.6) is 0 Å². The lowest BCUT2D eigenvalue weighted by Gasteiger charge is -2.25. The van der Waals surface area contributed by atoms with E-state index < -0.39 is 5.11 Å². The minimum absolute atomic E-state index is 0.398. The Kier molecular flexibility index (Phi) is 5.49. The van der Waals surface area contributed by atoms with Gasteiger partial charge in [-0.1, -0.05) is 114 Å². The number of imidazole rings is 1. The SMILES string of the molecule is [B]C([B])([B])c1nc2ccccc2n1-c1c2ccccc2c(-c2ccccc2)c2cc(-c3ccccc3)ccc12. The van der Waals surface area contributed by atoms with Gasteiger partial charge in [-0.15, -0.1) is 0 Å². The van der Waals surface area contributed by atoms with Crippen molar-refractivity contribution in [2.75, 3.05) is 0 Å². The van der Waals surface area contributed by atoms with Crippen LogP contribution in [0.4, 0.5) is 0 Å². The van der Waals surface area contributed by atoms with Gasteiger partial charge in [0.05, 0.1) is 46.1 Å². The Labute approximate surface area is 231 Å². The molecule has 0 aliphatic carbocycles. The third-order valence-electron chi connectivity index (χ3n) is 7.34. The van der Waals surface area contributed by atoms with Gasteiger partial charge in [-0.3, -0.25) is 4.57 Å². The van der Waals surface area contributed by atoms with Crippen LogP contribution in [0.1, 0.15) is 5.82 Å². The van der Waals surface area contributed by atoms with E-state index in [-0.39, 0.29) is 0 Å². The summed E-state index contributed by atoms with van der Waals surface area (Å²) in [6, 6.07) is 44.0. The Bertz CT molecular complexity index is 1990. The molecule has 1 heterocycles. The summed E-state index contributed by atoms with van der Waals surface area (Å²) in [6.45, 7) is 0. The highest BCUT2D eigenvalue weighted by Crippen LogP contribution is 2.44. The first-order valence-electron chi connectivity index (χ1n) is 12.9. The Morgan fingerprint density at radius 3 is 1.82 bits per heavy atom. The van der Waals surface area contributed by atoms with E-state index in [9.17, 15) is 0 Å². The molecule has 39 heavy (non-hydrogen) atoms. The van der Waals surface area contributed by atoms with Crippen LogP contribution in [0.25, 0.3) is 60.5 Å². The first-order chi connectivity index (χ1) is 19.0. The molecule has 0 saturated heterocycles. The van der Waals surface area contributed by atoms with Gasteiger partial charge in [0.1, 0.15) is 0 Å². The lowest BCUT2D eigenvalue weighted by atomic mass is 9.42. The van der Waals surface area contributed by atoms with Crippen LogP contribution in [0.15, 0.2) is 127 Å². The zero-order valence-corrected chi connectivity index (χ0v) is 21.3. The summed E-state index contributed by atoms with van der Waals surface area (Å²) in [5.41, 5.74) is 7.25. The van der Waals surface area contributed by atoms with Crippen LogP contribution < -0.4 is 0 Å². The zero-order chi connectivity index (χ0) is 26.6. The largest absolute Gasteiger partial charge is 0.296 e. The number of fused-ring (bicyclic) bond motifs is 3. The smallest absolute Gasteiger partial charge is 0.0951 e. The fourth-order valence-electron chi connectivity index (χ4n) is 5.67. The van der Waals surface area contributed by atoms with Gasteiger partial charge in [0.25, 0.3) is 0 Å². The molecule has 0 atom stereocenters. The van der Waals surface area contributed by atoms with Crippen molar-refractivity contribution < 1.29 is 0 Å². The molecule has 1 aromatic heterocycles. The second kappa shape index (κ2) is 9.06. The van der Waals surface area contributed by atoms with Gasteiger partial charge in [0.2, 0.25) is 0 Å². The molecule has 0 amide bonds. The first kappa shape index (κ1) is 23.6. The van der Waals surface area contributed by atoms with Crippen molar-refractivity contribution in [2.45, 2.75) is 5.11 Å². The first-order valence-corrected chi connectivity index (χ1v) is 12.9. The topological polar surface area (TPSA) is 17.8 Å². The minimum Gasteiger partial charge on any atom is -0.296 e. The highest BCUT2D eigenvalue weighted by atomic mass is 15.1. The van der Waals surface area contributed by atoms with E-state index in [1.807, 2.05) is 41.0 Å². The number of para-hydroxylation sites is 2. The van der Waals surface area contributed by atoms with Crippen molar-refractivity contribution in [1.29, 1.82) is 0 Å². The number of benzene rings is 6. The minimum atomic E-state index is -1.64. The van der Waals surface area contributed by atoms with Crippen LogP contribution in [-0.2, 0) is 5.11 Å². The standard InChI is InChI=1S/C34H21B3N2/c35-34(36,37)33-38-29-17-9-10-18-30(29)39(33)32-26-16-8-7-15-25(26)31(23-13-5-2-6-14-23)28-21-24(19-20-27(28)32)22-11-3-1-4-12-22/h1-21H. The molecular formula is C34H21B3N2. The lowest BCUT2D eigenvalue weighted by Crippen LogP contribution is -2.31. The average Bonchev–Trinajstić information content (AvgIpc) is 3.36. The summed E-state index contributed by atoms with van der Waals surface area (Å²) in [7, 11) is 19.0. The molecule has 0 unspecified atom stereocenters. The number of aromatic nitrogens is 2. The molecule has 0 spiro atoms. The van der Waals surface area contributed by atoms with E-state index in [4.69, 9.17) is 28.5 Å². The third-order valence-corrected chi connectivity index (χ3v) is 7.34. The lowest BCUT2D eigenvalue weighted by molar-refractivity contribution is 0.939. The fourth-order valence-corrected chi connectivity index (χ4v) is 5.67. The molecule has 0 aliphatic heterocycles. The molecule has 6 aromatic carbocycles. The van der Waals surface area contributed by atoms with Crippen LogP contribution in [0, 0.1) is 0 Å². The molecule has 6 radical (unpaired) electrons. The van der Waals surface area contributed by atoms with Crippen LogP contribution in [-0.4, -0.2) is 33.1 Å². The van der Waals surface area contributed by atoms with E-state index in [0.717, 1.165) is 55.0 Å². The Hall–Kier alpha value is -4.50. The zero-order valence-electron chi connectivity index (χ0n) is 21.3. The number of hydrogen-bond donors (Lipinski definition) is 0. The summed E-state index contributed by atoms with van der Waals surface area (Å²) in [5.74, 6) is 0.398. The van der Waals surface area contributed by atoms with Crippen LogP contribution in [0.2, 0.25) is 0 Å². The highest BCUT2D eigenvalue weighted by Gasteiger charge is 2.26. The molecule has 2 nitrogen and oxygen atoms in total. The maximum Gasteiger partial charge on any atom is 0.0951 e. The number of hydrogen-bond acceptors (Lipinski definition) is 1. The highest BCUT2D eigenvalue weighted by molar-refractivity contribution is 6.58. The summed E-state index contributed by atoms with van der Waals surface area (Å²) < 4.78 is 2.04. The monoisotopic (exact) mass is 490 g/mol. The van der Waals surface area contributed by atoms with Gasteiger partial charge < -0.3 is 0 Å². The van der Waals surface area contributed by atoms with E-state index in [0.29, 0.717) is 5.82 Å². The normalized spacial score (nSPS) is 11.9. The fraction of sp³-hybridized carbons (Fsp3) is 0.0294. The van der Waals surface area contributed by atoms with Gasteiger partial charge in [0.15, 0.2) is 0 Å². The molecule has 0 N–H and O–H groups in total. The van der Waals surface area contributed by atoms with Crippen molar-refractivity contribution in [3.8, 4) is 27.9 Å². The van der Waals surface area contributed by atoms with Gasteiger partial charge in [0, 0.05) is 10.8 Å². The molecule has 5 heteroatoms. The molecule has 0 saturated carbocycles. The summed E-state index contributed by atoms with van der Waals surface area (Å²) in [5, 5.41) is 2.72. The molecule has 0 bridgehead atoms. The summed E-state index contributed by atoms with van der Waals surface area (Å²) in [4.78, 5) is 4.81. The second-order valence-corrected chi connectivity index (χ2v) is 9.95. The van der Waals surface area contributed by atoms with Crippen molar-refractivity contribution in [2.24, 2.45) is 0 Å². The average molecular weight is 490 g/mol. The van der Waals surface area contributed by atoms with E-state index in [1.54, 1.807) is 0 Å². The van der Waals surface area contributed by atoms with E-state index in [1.165, 1.54) is 5.56 Å². The Morgan fingerprint density at radius 2 is 1.10 bits per heavy atom. The van der Waals surface area contributed by atoms with Crippen LogP contribution in [0.3, 0.4) is 0 Å². The predicted octanol–water partition coefficient (Wildman–Crippen LogP) is 7.28. The molecule has 7 aromatic rings. The van der Waals surface area contributed by atoms with Crippen molar-refractivity contribution in [3.05, 3.63) is 133 Å². The Morgan fingerprint density at radius 1 is 0.513 bits per heavy atom. The van der Waals surface area contributed by atoms with E-state index in [2.05, 4.69) is 91.0 Å².